The molecule has 7 nitrogen and oxygen atoms in total. The molecule has 0 unspecified atom stereocenters. The lowest BCUT2D eigenvalue weighted by Crippen LogP contribution is -2.48. The Kier molecular flexibility index (Phi) is 5.08. The highest BCUT2D eigenvalue weighted by molar-refractivity contribution is 6.06. The van der Waals surface area contributed by atoms with Gasteiger partial charge in [0.2, 0.25) is 0 Å². The number of rotatable bonds is 5. The van der Waals surface area contributed by atoms with Crippen LogP contribution in [0.15, 0.2) is 60.8 Å². The number of carbonyl (C=O) groups excluding carboxylic acids is 1. The van der Waals surface area contributed by atoms with Gasteiger partial charge in [-0.25, -0.2) is 0 Å². The number of hydrogen-bond donors (Lipinski definition) is 3. The molecule has 1 fully saturated rings. The van der Waals surface area contributed by atoms with Crippen LogP contribution in [0.3, 0.4) is 0 Å². The molecule has 5 rings (SSSR count). The summed E-state index contributed by atoms with van der Waals surface area (Å²) in [4.78, 5) is 18.3. The average molecular weight is 415 g/mol. The molecule has 2 aromatic carbocycles. The van der Waals surface area contributed by atoms with Crippen LogP contribution in [0.25, 0.3) is 22.2 Å². The van der Waals surface area contributed by atoms with Crippen molar-refractivity contribution >= 4 is 22.6 Å². The molecule has 4 aromatic rings. The van der Waals surface area contributed by atoms with Gasteiger partial charge in [-0.2, -0.15) is 5.10 Å². The van der Waals surface area contributed by atoms with E-state index in [2.05, 4.69) is 31.5 Å². The molecule has 3 N–H and O–H groups in total. The normalized spacial score (nSPS) is 16.4. The fraction of sp³-hybridized carbons (Fsp3) is 0.250. The average Bonchev–Trinajstić information content (AvgIpc) is 3.49. The van der Waals surface area contributed by atoms with Crippen LogP contribution in [-0.4, -0.2) is 47.3 Å². The lowest BCUT2D eigenvalue weighted by atomic mass is 10.0. The van der Waals surface area contributed by atoms with Crippen LogP contribution in [0.1, 0.15) is 23.2 Å². The highest BCUT2D eigenvalue weighted by Crippen LogP contribution is 2.26. The highest BCUT2D eigenvalue weighted by atomic mass is 16.5. The predicted molar refractivity (Wildman–Crippen MR) is 122 cm³/mol. The van der Waals surface area contributed by atoms with Crippen LogP contribution in [0.2, 0.25) is 0 Å². The van der Waals surface area contributed by atoms with E-state index in [1.807, 2.05) is 54.7 Å². The zero-order valence-corrected chi connectivity index (χ0v) is 17.4. The second-order valence-corrected chi connectivity index (χ2v) is 7.87. The molecule has 0 bridgehead atoms. The summed E-state index contributed by atoms with van der Waals surface area (Å²) in [6.45, 7) is 1.66. The zero-order valence-electron chi connectivity index (χ0n) is 17.4. The number of aromatic nitrogens is 3. The van der Waals surface area contributed by atoms with Gasteiger partial charge in [-0.05, 0) is 60.9 Å². The van der Waals surface area contributed by atoms with E-state index in [0.717, 1.165) is 59.7 Å². The van der Waals surface area contributed by atoms with Gasteiger partial charge in [0.15, 0.2) is 5.82 Å². The van der Waals surface area contributed by atoms with E-state index >= 15 is 0 Å². The monoisotopic (exact) mass is 415 g/mol. The molecular weight excluding hydrogens is 390 g/mol. The number of nitrogens with zero attached hydrogens (tertiary/aromatic N) is 2. The van der Waals surface area contributed by atoms with Crippen molar-refractivity contribution in [2.24, 2.45) is 0 Å². The van der Waals surface area contributed by atoms with E-state index < -0.39 is 0 Å². The second kappa shape index (κ2) is 8.18. The zero-order chi connectivity index (χ0) is 21.2. The van der Waals surface area contributed by atoms with Crippen LogP contribution in [0.5, 0.6) is 5.75 Å². The topological polar surface area (TPSA) is 86.0 Å². The number of ether oxygens (including phenoxy) is 1. The van der Waals surface area contributed by atoms with Gasteiger partial charge in [0.1, 0.15) is 5.75 Å². The molecule has 1 amide bonds. The van der Waals surface area contributed by atoms with Crippen molar-refractivity contribution in [1.29, 1.82) is 0 Å². The number of anilines is 1. The van der Waals surface area contributed by atoms with E-state index in [0.29, 0.717) is 5.56 Å². The van der Waals surface area contributed by atoms with Crippen molar-refractivity contribution in [2.45, 2.75) is 18.9 Å². The van der Waals surface area contributed by atoms with Gasteiger partial charge in [-0.3, -0.25) is 9.89 Å². The molecular formula is C24H25N5O2. The Bertz CT molecular complexity index is 1190. The molecule has 158 valence electrons. The Balaban J connectivity index is 1.28. The number of nitrogens with one attached hydrogen (secondary N) is 3. The number of aromatic amines is 2. The molecule has 31 heavy (non-hydrogen) atoms. The summed E-state index contributed by atoms with van der Waals surface area (Å²) in [6.07, 6.45) is 3.83. The molecule has 0 spiro atoms. The van der Waals surface area contributed by atoms with Gasteiger partial charge in [0.05, 0.1) is 12.8 Å². The van der Waals surface area contributed by atoms with Gasteiger partial charge in [-0.1, -0.05) is 6.07 Å². The third kappa shape index (κ3) is 3.86. The Labute approximate surface area is 180 Å². The van der Waals surface area contributed by atoms with Crippen molar-refractivity contribution in [3.63, 3.8) is 0 Å². The first-order valence-electron chi connectivity index (χ1n) is 10.5. The van der Waals surface area contributed by atoms with Crippen LogP contribution in [0, 0.1) is 0 Å². The summed E-state index contributed by atoms with van der Waals surface area (Å²) >= 11 is 0. The third-order valence-corrected chi connectivity index (χ3v) is 5.89. The molecule has 0 radical (unpaired) electrons. The SMILES string of the molecule is COc1ccc(-c2cc(N3CCC[C@@H](NC(=O)c4cccc5[nH]ccc45)C3)n[nH]2)cc1. The Morgan fingerprint density at radius 2 is 2.06 bits per heavy atom. The number of benzene rings is 2. The summed E-state index contributed by atoms with van der Waals surface area (Å²) in [5, 5.41) is 11.8. The number of H-pyrrole nitrogens is 2. The molecule has 0 aliphatic carbocycles. The van der Waals surface area contributed by atoms with Crippen molar-refractivity contribution in [3.8, 4) is 17.0 Å². The van der Waals surface area contributed by atoms with E-state index in [1.54, 1.807) is 7.11 Å². The van der Waals surface area contributed by atoms with Crippen molar-refractivity contribution in [1.82, 2.24) is 20.5 Å². The minimum Gasteiger partial charge on any atom is -0.497 e. The summed E-state index contributed by atoms with van der Waals surface area (Å²) in [7, 11) is 1.66. The second-order valence-electron chi connectivity index (χ2n) is 7.87. The summed E-state index contributed by atoms with van der Waals surface area (Å²) in [6, 6.07) is 17.7. The largest absolute Gasteiger partial charge is 0.497 e. The first-order valence-corrected chi connectivity index (χ1v) is 10.5. The highest BCUT2D eigenvalue weighted by Gasteiger charge is 2.24. The van der Waals surface area contributed by atoms with Gasteiger partial charge < -0.3 is 19.9 Å². The van der Waals surface area contributed by atoms with Crippen molar-refractivity contribution in [3.05, 3.63) is 66.4 Å². The molecule has 7 heteroatoms. The van der Waals surface area contributed by atoms with Gasteiger partial charge in [0.25, 0.3) is 5.91 Å². The van der Waals surface area contributed by atoms with Gasteiger partial charge in [-0.15, -0.1) is 0 Å². The Hall–Kier alpha value is -3.74. The Morgan fingerprint density at radius 3 is 2.90 bits per heavy atom. The maximum atomic E-state index is 12.9. The molecule has 1 saturated heterocycles. The number of hydrogen-bond acceptors (Lipinski definition) is 4. The Morgan fingerprint density at radius 1 is 1.19 bits per heavy atom. The molecule has 0 saturated carbocycles. The van der Waals surface area contributed by atoms with E-state index in [-0.39, 0.29) is 11.9 Å². The first kappa shape index (κ1) is 19.2. The smallest absolute Gasteiger partial charge is 0.252 e. The number of fused-ring (bicyclic) bond motifs is 1. The summed E-state index contributed by atoms with van der Waals surface area (Å²) in [5.41, 5.74) is 3.70. The van der Waals surface area contributed by atoms with Crippen LogP contribution in [0.4, 0.5) is 5.82 Å². The van der Waals surface area contributed by atoms with Gasteiger partial charge >= 0.3 is 0 Å². The quantitative estimate of drug-likeness (QED) is 0.460. The molecule has 1 atom stereocenters. The van der Waals surface area contributed by atoms with E-state index in [4.69, 9.17) is 4.74 Å². The first-order chi connectivity index (χ1) is 15.2. The standard InChI is InChI=1S/C24H25N5O2/c1-31-18-9-7-16(8-10-18)22-14-23(28-27-22)29-13-3-4-17(15-29)26-24(30)20-5-2-6-21-19(20)11-12-25-21/h2,5-12,14,17,25H,3-4,13,15H2,1H3,(H,26,30)(H,27,28)/t17-/m1/s1. The van der Waals surface area contributed by atoms with Crippen LogP contribution >= 0.6 is 0 Å². The predicted octanol–water partition coefficient (Wildman–Crippen LogP) is 3.97. The number of methoxy groups -OCH3 is 1. The van der Waals surface area contributed by atoms with Crippen LogP contribution < -0.4 is 15.0 Å². The maximum Gasteiger partial charge on any atom is 0.252 e. The maximum absolute atomic E-state index is 12.9. The molecule has 1 aliphatic rings. The van der Waals surface area contributed by atoms with E-state index in [9.17, 15) is 4.79 Å². The lowest BCUT2D eigenvalue weighted by molar-refractivity contribution is 0.0935. The van der Waals surface area contributed by atoms with Gasteiger partial charge in [0, 0.05) is 47.9 Å². The van der Waals surface area contributed by atoms with E-state index in [1.165, 1.54) is 0 Å². The lowest BCUT2D eigenvalue weighted by Gasteiger charge is -2.33. The molecule has 1 aliphatic heterocycles. The summed E-state index contributed by atoms with van der Waals surface area (Å²) < 4.78 is 5.23. The minimum atomic E-state index is -0.0296. The third-order valence-electron chi connectivity index (χ3n) is 5.89. The minimum absolute atomic E-state index is 0.0296. The van der Waals surface area contributed by atoms with Crippen molar-refractivity contribution < 1.29 is 9.53 Å². The summed E-state index contributed by atoms with van der Waals surface area (Å²) in [5.74, 6) is 1.70. The number of carbonyl (C=O) groups is 1. The number of amides is 1. The fourth-order valence-electron chi connectivity index (χ4n) is 4.24. The molecule has 2 aromatic heterocycles. The molecule has 3 heterocycles. The number of piperidine rings is 1. The van der Waals surface area contributed by atoms with Crippen molar-refractivity contribution in [2.75, 3.05) is 25.1 Å². The fourth-order valence-corrected chi connectivity index (χ4v) is 4.24. The van der Waals surface area contributed by atoms with Crippen LogP contribution in [-0.2, 0) is 0 Å².